The number of rotatable bonds is 2. The van der Waals surface area contributed by atoms with Crippen LogP contribution in [-0.2, 0) is 10.5 Å². The van der Waals surface area contributed by atoms with Crippen molar-refractivity contribution < 1.29 is 8.42 Å². The summed E-state index contributed by atoms with van der Waals surface area (Å²) in [4.78, 5) is 11.6. The van der Waals surface area contributed by atoms with E-state index in [0.717, 1.165) is 5.56 Å². The quantitative estimate of drug-likeness (QED) is 0.780. The van der Waals surface area contributed by atoms with E-state index in [-0.39, 0.29) is 5.82 Å². The second-order valence-electron chi connectivity index (χ2n) is 2.81. The SMILES string of the molecule is O=S(=O)=Nc1cc(-c2ccncc2)ncn1. The van der Waals surface area contributed by atoms with E-state index in [2.05, 4.69) is 19.3 Å². The number of hydrogen-bond donors (Lipinski definition) is 0. The molecule has 80 valence electrons. The minimum Gasteiger partial charge on any atom is -0.265 e. The summed E-state index contributed by atoms with van der Waals surface area (Å²) in [6, 6.07) is 5.02. The maximum atomic E-state index is 10.4. The molecule has 0 N–H and O–H groups in total. The van der Waals surface area contributed by atoms with Gasteiger partial charge in [-0.3, -0.25) is 4.98 Å². The van der Waals surface area contributed by atoms with E-state index in [9.17, 15) is 8.42 Å². The van der Waals surface area contributed by atoms with Crippen molar-refractivity contribution in [3.63, 3.8) is 0 Å². The van der Waals surface area contributed by atoms with Gasteiger partial charge < -0.3 is 0 Å². The molecule has 6 nitrogen and oxygen atoms in total. The zero-order valence-electron chi connectivity index (χ0n) is 7.98. The van der Waals surface area contributed by atoms with Crippen LogP contribution < -0.4 is 0 Å². The minimum absolute atomic E-state index is 0.107. The van der Waals surface area contributed by atoms with Crippen LogP contribution in [0.5, 0.6) is 0 Å². The minimum atomic E-state index is -2.51. The molecule has 0 aliphatic rings. The Morgan fingerprint density at radius 2 is 1.88 bits per heavy atom. The van der Waals surface area contributed by atoms with Crippen molar-refractivity contribution in [1.29, 1.82) is 0 Å². The molecule has 2 rings (SSSR count). The highest BCUT2D eigenvalue weighted by Gasteiger charge is 2.00. The monoisotopic (exact) mass is 234 g/mol. The molecule has 0 saturated heterocycles. The fraction of sp³-hybridized carbons (Fsp3) is 0. The normalized spacial score (nSPS) is 9.75. The van der Waals surface area contributed by atoms with Crippen molar-refractivity contribution in [3.05, 3.63) is 36.9 Å². The molecule has 0 aliphatic heterocycles. The molecule has 0 radical (unpaired) electrons. The number of aromatic nitrogens is 3. The Kier molecular flexibility index (Phi) is 2.97. The van der Waals surface area contributed by atoms with Crippen molar-refractivity contribution in [1.82, 2.24) is 15.0 Å². The Labute approximate surface area is 92.7 Å². The first kappa shape index (κ1) is 10.4. The highest BCUT2D eigenvalue weighted by atomic mass is 32.2. The predicted octanol–water partition coefficient (Wildman–Crippen LogP) is 1.23. The van der Waals surface area contributed by atoms with Crippen molar-refractivity contribution in [3.8, 4) is 11.3 Å². The average Bonchev–Trinajstić information content (AvgIpc) is 2.30. The van der Waals surface area contributed by atoms with E-state index in [1.807, 2.05) is 0 Å². The van der Waals surface area contributed by atoms with Crippen LogP contribution in [0.15, 0.2) is 41.3 Å². The summed E-state index contributed by atoms with van der Waals surface area (Å²) in [6.45, 7) is 0. The van der Waals surface area contributed by atoms with E-state index in [0.29, 0.717) is 5.69 Å². The van der Waals surface area contributed by atoms with Gasteiger partial charge in [-0.1, -0.05) is 0 Å². The first-order valence-corrected chi connectivity index (χ1v) is 5.32. The molecule has 7 heteroatoms. The molecular formula is C9H6N4O2S. The third-order valence-corrected chi connectivity index (χ3v) is 2.13. The first-order valence-electron chi connectivity index (χ1n) is 4.29. The molecule has 0 aromatic carbocycles. The van der Waals surface area contributed by atoms with Gasteiger partial charge in [-0.2, -0.15) is 8.42 Å². The molecule has 0 bridgehead atoms. The Balaban J connectivity index is 2.48. The standard InChI is InChI=1S/C9H6N4O2S/c14-16(15)13-9-5-8(11-6-12-9)7-1-3-10-4-2-7/h1-6H. The number of hydrogen-bond acceptors (Lipinski definition) is 6. The molecule has 0 unspecified atom stereocenters. The Hall–Kier alpha value is -2.15. The lowest BCUT2D eigenvalue weighted by Crippen LogP contribution is -1.85. The molecule has 0 amide bonds. The lowest BCUT2D eigenvalue weighted by atomic mass is 10.2. The fourth-order valence-electron chi connectivity index (χ4n) is 1.15. The van der Waals surface area contributed by atoms with E-state index in [1.165, 1.54) is 12.4 Å². The molecule has 0 fully saturated rings. The summed E-state index contributed by atoms with van der Waals surface area (Å²) in [5.74, 6) is 0.107. The first-order chi connectivity index (χ1) is 7.75. The summed E-state index contributed by atoms with van der Waals surface area (Å²) >= 11 is 0. The molecule has 0 spiro atoms. The van der Waals surface area contributed by atoms with Crippen molar-refractivity contribution >= 4 is 16.3 Å². The van der Waals surface area contributed by atoms with Crippen molar-refractivity contribution in [2.75, 3.05) is 0 Å². The van der Waals surface area contributed by atoms with Crippen LogP contribution >= 0.6 is 0 Å². The van der Waals surface area contributed by atoms with Crippen LogP contribution in [0.3, 0.4) is 0 Å². The smallest absolute Gasteiger partial charge is 0.265 e. The molecular weight excluding hydrogens is 228 g/mol. The van der Waals surface area contributed by atoms with Gasteiger partial charge in [0.2, 0.25) is 0 Å². The second-order valence-corrected chi connectivity index (χ2v) is 3.42. The molecule has 2 aromatic rings. The van der Waals surface area contributed by atoms with Crippen molar-refractivity contribution in [2.45, 2.75) is 0 Å². The van der Waals surface area contributed by atoms with Gasteiger partial charge in [-0.25, -0.2) is 9.97 Å². The number of pyridine rings is 1. The summed E-state index contributed by atoms with van der Waals surface area (Å²) in [5.41, 5.74) is 1.42. The van der Waals surface area contributed by atoms with Crippen LogP contribution in [0, 0.1) is 0 Å². The third kappa shape index (κ3) is 2.45. The molecule has 0 aliphatic carbocycles. The molecule has 0 saturated carbocycles. The van der Waals surface area contributed by atoms with E-state index in [4.69, 9.17) is 0 Å². The summed E-state index contributed by atoms with van der Waals surface area (Å²) in [6.07, 6.45) is 4.52. The zero-order chi connectivity index (χ0) is 11.4. The van der Waals surface area contributed by atoms with E-state index in [1.54, 1.807) is 24.5 Å². The Bertz CT molecular complexity index is 617. The largest absolute Gasteiger partial charge is 0.317 e. The second kappa shape index (κ2) is 4.58. The van der Waals surface area contributed by atoms with Gasteiger partial charge in [0.05, 0.1) is 5.69 Å². The lowest BCUT2D eigenvalue weighted by molar-refractivity contribution is 0.622. The molecule has 2 aromatic heterocycles. The predicted molar refractivity (Wildman–Crippen MR) is 56.3 cm³/mol. The van der Waals surface area contributed by atoms with Crippen LogP contribution in [-0.4, -0.2) is 23.4 Å². The van der Waals surface area contributed by atoms with Crippen molar-refractivity contribution in [2.24, 2.45) is 4.36 Å². The van der Waals surface area contributed by atoms with Gasteiger partial charge in [0.1, 0.15) is 6.33 Å². The zero-order valence-corrected chi connectivity index (χ0v) is 8.79. The van der Waals surface area contributed by atoms with Gasteiger partial charge in [0, 0.05) is 24.0 Å². The molecule has 16 heavy (non-hydrogen) atoms. The van der Waals surface area contributed by atoms with Gasteiger partial charge in [-0.15, -0.1) is 4.36 Å². The highest BCUT2D eigenvalue weighted by Crippen LogP contribution is 2.18. The topological polar surface area (TPSA) is 85.2 Å². The average molecular weight is 234 g/mol. The maximum absolute atomic E-state index is 10.4. The maximum Gasteiger partial charge on any atom is 0.317 e. The van der Waals surface area contributed by atoms with Gasteiger partial charge in [-0.05, 0) is 12.1 Å². The van der Waals surface area contributed by atoms with E-state index < -0.39 is 10.5 Å². The summed E-state index contributed by atoms with van der Waals surface area (Å²) in [5, 5.41) is 0. The van der Waals surface area contributed by atoms with Gasteiger partial charge in [0.15, 0.2) is 5.82 Å². The Morgan fingerprint density at radius 3 is 2.56 bits per heavy atom. The van der Waals surface area contributed by atoms with Gasteiger partial charge >= 0.3 is 10.5 Å². The summed E-state index contributed by atoms with van der Waals surface area (Å²) < 4.78 is 24.1. The van der Waals surface area contributed by atoms with Crippen LogP contribution in [0.2, 0.25) is 0 Å². The van der Waals surface area contributed by atoms with Gasteiger partial charge in [0.25, 0.3) is 0 Å². The Morgan fingerprint density at radius 1 is 1.12 bits per heavy atom. The third-order valence-electron chi connectivity index (χ3n) is 1.80. The fourth-order valence-corrected chi connectivity index (χ4v) is 1.41. The lowest BCUT2D eigenvalue weighted by Gasteiger charge is -1.98. The molecule has 0 atom stereocenters. The summed E-state index contributed by atoms with van der Waals surface area (Å²) in [7, 11) is -2.51. The van der Waals surface area contributed by atoms with Crippen LogP contribution in [0.1, 0.15) is 0 Å². The number of nitrogens with zero attached hydrogens (tertiary/aromatic N) is 4. The van der Waals surface area contributed by atoms with Crippen LogP contribution in [0.4, 0.5) is 5.82 Å². The van der Waals surface area contributed by atoms with E-state index >= 15 is 0 Å². The molecule has 2 heterocycles. The highest BCUT2D eigenvalue weighted by molar-refractivity contribution is 7.61. The van der Waals surface area contributed by atoms with Crippen LogP contribution in [0.25, 0.3) is 11.3 Å².